The number of hydrogen-bond donors (Lipinski definition) is 2. The van der Waals surface area contributed by atoms with Gasteiger partial charge in [0.1, 0.15) is 18.1 Å². The first kappa shape index (κ1) is 26.8. The van der Waals surface area contributed by atoms with Crippen LogP contribution in [0.1, 0.15) is 56.6 Å². The van der Waals surface area contributed by atoms with Gasteiger partial charge in [0.2, 0.25) is 0 Å². The Balaban J connectivity index is 1.41. The lowest BCUT2D eigenvalue weighted by molar-refractivity contribution is -0.136. The molecule has 0 fully saturated rings. The van der Waals surface area contributed by atoms with Crippen molar-refractivity contribution >= 4 is 11.9 Å². The zero-order valence-corrected chi connectivity index (χ0v) is 21.5. The van der Waals surface area contributed by atoms with E-state index in [0.717, 1.165) is 18.6 Å². The molecule has 0 aromatic heterocycles. The summed E-state index contributed by atoms with van der Waals surface area (Å²) >= 11 is 0. The van der Waals surface area contributed by atoms with E-state index in [1.807, 2.05) is 12.1 Å². The van der Waals surface area contributed by atoms with Crippen LogP contribution in [0.2, 0.25) is 0 Å². The molecule has 0 heterocycles. The Hall–Kier alpha value is -3.80. The first-order chi connectivity index (χ1) is 17.2. The molecular weight excluding hydrogens is 454 g/mol. The number of carboxylic acids is 1. The van der Waals surface area contributed by atoms with Crippen LogP contribution >= 0.6 is 0 Å². The number of benzene rings is 3. The molecule has 0 unspecified atom stereocenters. The summed E-state index contributed by atoms with van der Waals surface area (Å²) in [4.78, 5) is 22.5. The number of carboxylic acid groups (broad SMARTS) is 1. The number of carbonyl (C=O) groups is 2. The van der Waals surface area contributed by atoms with Gasteiger partial charge in [-0.3, -0.25) is 9.59 Å². The third-order valence-corrected chi connectivity index (χ3v) is 6.45. The summed E-state index contributed by atoms with van der Waals surface area (Å²) < 4.78 is 11.9. The molecule has 2 N–H and O–H groups in total. The zero-order chi connectivity index (χ0) is 26.1. The molecule has 0 saturated heterocycles. The predicted octanol–water partition coefficient (Wildman–Crippen LogP) is 5.72. The second-order valence-corrected chi connectivity index (χ2v) is 9.05. The van der Waals surface area contributed by atoms with Crippen LogP contribution in [-0.2, 0) is 17.8 Å². The number of carbonyl (C=O) groups excluding carboxylic acids is 1. The minimum absolute atomic E-state index is 0.102. The number of nitrogens with one attached hydrogen (secondary N) is 1. The van der Waals surface area contributed by atoms with Crippen LogP contribution in [0.5, 0.6) is 11.5 Å². The number of rotatable bonds is 12. The highest BCUT2D eigenvalue weighted by molar-refractivity contribution is 5.94. The van der Waals surface area contributed by atoms with Crippen LogP contribution in [0.25, 0.3) is 0 Å². The van der Waals surface area contributed by atoms with E-state index < -0.39 is 5.97 Å². The van der Waals surface area contributed by atoms with E-state index in [1.165, 1.54) is 33.4 Å². The number of aryl methyl sites for hydroxylation is 3. The predicted molar refractivity (Wildman–Crippen MR) is 141 cm³/mol. The molecule has 0 aliphatic carbocycles. The molecule has 6 heteroatoms. The molecule has 3 aromatic carbocycles. The largest absolute Gasteiger partial charge is 0.494 e. The molecule has 0 bridgehead atoms. The van der Waals surface area contributed by atoms with Crippen LogP contribution in [0.15, 0.2) is 54.6 Å². The van der Waals surface area contributed by atoms with Crippen molar-refractivity contribution in [3.63, 3.8) is 0 Å². The maximum atomic E-state index is 12.0. The molecular formula is C30H35NO5. The second kappa shape index (κ2) is 12.8. The normalized spacial score (nSPS) is 10.7. The van der Waals surface area contributed by atoms with Gasteiger partial charge >= 0.3 is 5.97 Å². The van der Waals surface area contributed by atoms with Crippen molar-refractivity contribution in [1.82, 2.24) is 5.32 Å². The van der Waals surface area contributed by atoms with Gasteiger partial charge in [0.25, 0.3) is 5.91 Å². The van der Waals surface area contributed by atoms with Crippen LogP contribution in [-0.4, -0.2) is 30.1 Å². The average Bonchev–Trinajstić information content (AvgIpc) is 2.86. The SMILES string of the molecule is Cc1cc(C)c(C)c(COc2ccc(CCCOc3ccc(C(=O)NCCC(=O)O)cc3)cc2)c1C. The minimum atomic E-state index is -0.943. The summed E-state index contributed by atoms with van der Waals surface area (Å²) in [5.74, 6) is 0.314. The highest BCUT2D eigenvalue weighted by Gasteiger charge is 2.10. The lowest BCUT2D eigenvalue weighted by Crippen LogP contribution is -2.25. The number of amides is 1. The fourth-order valence-electron chi connectivity index (χ4n) is 3.98. The molecule has 36 heavy (non-hydrogen) atoms. The van der Waals surface area contributed by atoms with Gasteiger partial charge in [0.05, 0.1) is 13.0 Å². The smallest absolute Gasteiger partial charge is 0.305 e. The van der Waals surface area contributed by atoms with Gasteiger partial charge in [-0.1, -0.05) is 18.2 Å². The molecule has 0 radical (unpaired) electrons. The Bertz CT molecular complexity index is 1160. The van der Waals surface area contributed by atoms with Gasteiger partial charge in [0.15, 0.2) is 0 Å². The van der Waals surface area contributed by atoms with E-state index in [9.17, 15) is 9.59 Å². The first-order valence-electron chi connectivity index (χ1n) is 12.3. The van der Waals surface area contributed by atoms with Crippen LogP contribution < -0.4 is 14.8 Å². The standard InChI is InChI=1S/C30H35NO5/c1-20-18-21(2)23(4)28(22(20)3)19-36-27-11-7-24(8-12-27)6-5-17-35-26-13-9-25(10-14-26)30(34)31-16-15-29(32)33/h7-14,18H,5-6,15-17,19H2,1-4H3,(H,31,34)(H,32,33). The van der Waals surface area contributed by atoms with E-state index in [2.05, 4.69) is 51.2 Å². The van der Waals surface area contributed by atoms with Crippen molar-refractivity contribution in [1.29, 1.82) is 0 Å². The molecule has 1 amide bonds. The molecule has 0 spiro atoms. The number of hydrogen-bond acceptors (Lipinski definition) is 4. The zero-order valence-electron chi connectivity index (χ0n) is 21.5. The summed E-state index contributed by atoms with van der Waals surface area (Å²) in [5.41, 5.74) is 8.13. The fraction of sp³-hybridized carbons (Fsp3) is 0.333. The fourth-order valence-corrected chi connectivity index (χ4v) is 3.98. The molecule has 3 rings (SSSR count). The maximum absolute atomic E-state index is 12.0. The van der Waals surface area contributed by atoms with Crippen molar-refractivity contribution in [3.05, 3.63) is 93.5 Å². The molecule has 0 atom stereocenters. The van der Waals surface area contributed by atoms with Gasteiger partial charge in [-0.05, 0) is 110 Å². The summed E-state index contributed by atoms with van der Waals surface area (Å²) in [5, 5.41) is 11.2. The monoisotopic (exact) mass is 489 g/mol. The Labute approximate surface area is 213 Å². The molecule has 0 aliphatic heterocycles. The van der Waals surface area contributed by atoms with E-state index >= 15 is 0 Å². The van der Waals surface area contributed by atoms with Gasteiger partial charge in [-0.15, -0.1) is 0 Å². The summed E-state index contributed by atoms with van der Waals surface area (Å²) in [6, 6.07) is 17.3. The van der Waals surface area contributed by atoms with Crippen LogP contribution in [0.4, 0.5) is 0 Å². The Morgan fingerprint density at radius 3 is 2.03 bits per heavy atom. The number of ether oxygens (including phenoxy) is 2. The molecule has 190 valence electrons. The third-order valence-electron chi connectivity index (χ3n) is 6.45. The Morgan fingerprint density at radius 1 is 0.833 bits per heavy atom. The van der Waals surface area contributed by atoms with Gasteiger partial charge in [-0.2, -0.15) is 0 Å². The lowest BCUT2D eigenvalue weighted by Gasteiger charge is -2.16. The van der Waals surface area contributed by atoms with E-state index in [-0.39, 0.29) is 18.9 Å². The van der Waals surface area contributed by atoms with Gasteiger partial charge in [0, 0.05) is 12.1 Å². The summed E-state index contributed by atoms with van der Waals surface area (Å²) in [6.07, 6.45) is 1.65. The second-order valence-electron chi connectivity index (χ2n) is 9.05. The van der Waals surface area contributed by atoms with Gasteiger partial charge < -0.3 is 19.9 Å². The van der Waals surface area contributed by atoms with E-state index in [1.54, 1.807) is 24.3 Å². The molecule has 0 saturated carbocycles. The quantitative estimate of drug-likeness (QED) is 0.318. The molecule has 6 nitrogen and oxygen atoms in total. The Morgan fingerprint density at radius 2 is 1.42 bits per heavy atom. The minimum Gasteiger partial charge on any atom is -0.494 e. The van der Waals surface area contributed by atoms with Crippen molar-refractivity contribution in [2.75, 3.05) is 13.2 Å². The molecule has 3 aromatic rings. The highest BCUT2D eigenvalue weighted by atomic mass is 16.5. The average molecular weight is 490 g/mol. The Kier molecular flexibility index (Phi) is 9.51. The van der Waals surface area contributed by atoms with Crippen LogP contribution in [0, 0.1) is 27.7 Å². The molecule has 0 aliphatic rings. The topological polar surface area (TPSA) is 84.9 Å². The first-order valence-corrected chi connectivity index (χ1v) is 12.3. The van der Waals surface area contributed by atoms with E-state index in [4.69, 9.17) is 14.6 Å². The van der Waals surface area contributed by atoms with Gasteiger partial charge in [-0.25, -0.2) is 0 Å². The van der Waals surface area contributed by atoms with Crippen molar-refractivity contribution in [3.8, 4) is 11.5 Å². The number of aliphatic carboxylic acids is 1. The maximum Gasteiger partial charge on any atom is 0.305 e. The third kappa shape index (κ3) is 7.60. The highest BCUT2D eigenvalue weighted by Crippen LogP contribution is 2.24. The lowest BCUT2D eigenvalue weighted by atomic mass is 9.95. The van der Waals surface area contributed by atoms with Crippen molar-refractivity contribution < 1.29 is 24.2 Å². The van der Waals surface area contributed by atoms with Crippen LogP contribution in [0.3, 0.4) is 0 Å². The van der Waals surface area contributed by atoms with Crippen molar-refractivity contribution in [2.45, 2.75) is 53.6 Å². The summed E-state index contributed by atoms with van der Waals surface area (Å²) in [6.45, 7) is 9.83. The summed E-state index contributed by atoms with van der Waals surface area (Å²) in [7, 11) is 0. The van der Waals surface area contributed by atoms with Crippen molar-refractivity contribution in [2.24, 2.45) is 0 Å². The van der Waals surface area contributed by atoms with E-state index in [0.29, 0.717) is 24.5 Å².